The van der Waals surface area contributed by atoms with E-state index in [1.807, 2.05) is 0 Å². The van der Waals surface area contributed by atoms with E-state index in [-0.39, 0.29) is 6.54 Å². The zero-order valence-corrected chi connectivity index (χ0v) is 6.71. The molecule has 3 heteroatoms. The maximum Gasteiger partial charge on any atom is 0.0595 e. The molecular weight excluding hydrogens is 169 g/mol. The third kappa shape index (κ3) is 1.63. The first kappa shape index (κ1) is 7.86. The maximum atomic E-state index is 7.01. The molecule has 1 aromatic carbocycles. The van der Waals surface area contributed by atoms with E-state index < -0.39 is 0 Å². The van der Waals surface area contributed by atoms with Crippen LogP contribution >= 0.6 is 23.2 Å². The molecule has 53 valence electrons. The first-order valence-electron chi connectivity index (χ1n) is 2.82. The molecule has 0 aliphatic rings. The Morgan fingerprint density at radius 3 is 2.40 bits per heavy atom. The monoisotopic (exact) mass is 174 g/mol. The minimum atomic E-state index is 0.247. The van der Waals surface area contributed by atoms with Gasteiger partial charge in [0.05, 0.1) is 10.0 Å². The van der Waals surface area contributed by atoms with Gasteiger partial charge in [-0.2, -0.15) is 0 Å². The molecule has 10 heavy (non-hydrogen) atoms. The Hall–Kier alpha value is -0.240. The second-order valence-corrected chi connectivity index (χ2v) is 2.74. The summed E-state index contributed by atoms with van der Waals surface area (Å²) in [5, 5.41) is 1.06. The lowest BCUT2D eigenvalue weighted by Crippen LogP contribution is -1.83. The summed E-state index contributed by atoms with van der Waals surface area (Å²) in [6, 6.07) is 5.20. The van der Waals surface area contributed by atoms with Crippen molar-refractivity contribution in [2.45, 2.75) is 6.54 Å². The van der Waals surface area contributed by atoms with Gasteiger partial charge in [0.15, 0.2) is 0 Å². The lowest BCUT2D eigenvalue weighted by atomic mass is 10.2. The first-order chi connectivity index (χ1) is 4.74. The van der Waals surface area contributed by atoms with E-state index in [0.29, 0.717) is 10.0 Å². The number of hydrogen-bond donors (Lipinski definition) is 0. The molecule has 1 aromatic rings. The minimum Gasteiger partial charge on any atom is -0.253 e. The van der Waals surface area contributed by atoms with Crippen molar-refractivity contribution in [1.29, 1.82) is 0 Å². The Labute approximate surface area is 69.7 Å². The van der Waals surface area contributed by atoms with Crippen molar-refractivity contribution >= 4 is 23.2 Å². The molecule has 0 saturated heterocycles. The topological polar surface area (TPSA) is 23.8 Å². The van der Waals surface area contributed by atoms with Crippen molar-refractivity contribution in [3.05, 3.63) is 33.8 Å². The van der Waals surface area contributed by atoms with Gasteiger partial charge in [-0.25, -0.2) is 0 Å². The number of rotatable bonds is 1. The molecule has 0 spiro atoms. The highest BCUT2D eigenvalue weighted by Gasteiger charge is 1.96. The molecule has 0 aromatic heterocycles. The van der Waals surface area contributed by atoms with Gasteiger partial charge in [0.1, 0.15) is 0 Å². The third-order valence-electron chi connectivity index (χ3n) is 1.19. The van der Waals surface area contributed by atoms with Crippen molar-refractivity contribution in [3.63, 3.8) is 0 Å². The highest BCUT2D eigenvalue weighted by molar-refractivity contribution is 6.41. The van der Waals surface area contributed by atoms with Crippen LogP contribution in [0.25, 0.3) is 0 Å². The largest absolute Gasteiger partial charge is 0.253 e. The molecule has 1 rings (SSSR count). The van der Waals surface area contributed by atoms with Gasteiger partial charge >= 0.3 is 0 Å². The van der Waals surface area contributed by atoms with Gasteiger partial charge in [-0.3, -0.25) is 5.73 Å². The van der Waals surface area contributed by atoms with E-state index in [1.54, 1.807) is 18.2 Å². The van der Waals surface area contributed by atoms with E-state index >= 15 is 0 Å². The average Bonchev–Trinajstić information content (AvgIpc) is 1.95. The van der Waals surface area contributed by atoms with Gasteiger partial charge in [-0.15, -0.1) is 0 Å². The summed E-state index contributed by atoms with van der Waals surface area (Å²) in [4.78, 5) is 0. The standard InChI is InChI=1S/C7H6Cl2N/c8-6-2-1-5(4-10)3-7(6)9/h1-3,10H,4H2. The van der Waals surface area contributed by atoms with Crippen LogP contribution < -0.4 is 5.73 Å². The molecule has 0 bridgehead atoms. The fourth-order valence-corrected chi connectivity index (χ4v) is 0.970. The van der Waals surface area contributed by atoms with E-state index in [4.69, 9.17) is 28.9 Å². The molecule has 0 saturated carbocycles. The molecule has 1 N–H and O–H groups in total. The molecule has 0 unspecified atom stereocenters. The smallest absolute Gasteiger partial charge is 0.0595 e. The predicted molar refractivity (Wildman–Crippen MR) is 43.3 cm³/mol. The molecule has 1 radical (unpaired) electrons. The average molecular weight is 175 g/mol. The lowest BCUT2D eigenvalue weighted by molar-refractivity contribution is 1.03. The molecular formula is C7H6Cl2N. The molecule has 0 atom stereocenters. The molecule has 0 amide bonds. The van der Waals surface area contributed by atoms with Crippen molar-refractivity contribution < 1.29 is 0 Å². The summed E-state index contributed by atoms with van der Waals surface area (Å²) in [6.45, 7) is 0.247. The Morgan fingerprint density at radius 1 is 1.20 bits per heavy atom. The number of halogens is 2. The van der Waals surface area contributed by atoms with Crippen LogP contribution in [0.5, 0.6) is 0 Å². The van der Waals surface area contributed by atoms with Crippen LogP contribution in [0, 0.1) is 0 Å². The van der Waals surface area contributed by atoms with Crippen LogP contribution in [0.2, 0.25) is 10.0 Å². The molecule has 0 heterocycles. The molecule has 0 fully saturated rings. The fourth-order valence-electron chi connectivity index (χ4n) is 0.650. The van der Waals surface area contributed by atoms with Crippen LogP contribution in [-0.2, 0) is 6.54 Å². The second-order valence-electron chi connectivity index (χ2n) is 1.93. The van der Waals surface area contributed by atoms with Crippen LogP contribution in [0.15, 0.2) is 18.2 Å². The van der Waals surface area contributed by atoms with Crippen molar-refractivity contribution in [2.24, 2.45) is 0 Å². The number of nitrogens with one attached hydrogen (secondary N) is 1. The summed E-state index contributed by atoms with van der Waals surface area (Å²) < 4.78 is 0. The number of hydrogen-bond acceptors (Lipinski definition) is 0. The zero-order chi connectivity index (χ0) is 7.56. The van der Waals surface area contributed by atoms with Crippen molar-refractivity contribution in [1.82, 2.24) is 5.73 Å². The summed E-state index contributed by atoms with van der Waals surface area (Å²) in [5.74, 6) is 0. The SMILES string of the molecule is [NH]Cc1ccc(Cl)c(Cl)c1. The van der Waals surface area contributed by atoms with Crippen molar-refractivity contribution in [2.75, 3.05) is 0 Å². The van der Waals surface area contributed by atoms with Crippen LogP contribution in [0.1, 0.15) is 5.56 Å². The van der Waals surface area contributed by atoms with Crippen molar-refractivity contribution in [3.8, 4) is 0 Å². The Bertz CT molecular complexity index is 235. The van der Waals surface area contributed by atoms with E-state index in [0.717, 1.165) is 5.56 Å². The van der Waals surface area contributed by atoms with Crippen LogP contribution in [0.3, 0.4) is 0 Å². The Morgan fingerprint density at radius 2 is 1.90 bits per heavy atom. The van der Waals surface area contributed by atoms with E-state index in [2.05, 4.69) is 0 Å². The minimum absolute atomic E-state index is 0.247. The van der Waals surface area contributed by atoms with Gasteiger partial charge in [0.2, 0.25) is 0 Å². The molecule has 0 aliphatic heterocycles. The van der Waals surface area contributed by atoms with Gasteiger partial charge < -0.3 is 0 Å². The normalized spacial score (nSPS) is 9.90. The summed E-state index contributed by atoms with van der Waals surface area (Å²) in [5.41, 5.74) is 7.89. The fraction of sp³-hybridized carbons (Fsp3) is 0.143. The summed E-state index contributed by atoms with van der Waals surface area (Å²) in [7, 11) is 0. The van der Waals surface area contributed by atoms with Gasteiger partial charge in [0, 0.05) is 6.54 Å². The quantitative estimate of drug-likeness (QED) is 0.626. The molecule has 1 nitrogen and oxygen atoms in total. The number of benzene rings is 1. The van der Waals surface area contributed by atoms with Crippen LogP contribution in [0.4, 0.5) is 0 Å². The highest BCUT2D eigenvalue weighted by atomic mass is 35.5. The highest BCUT2D eigenvalue weighted by Crippen LogP contribution is 2.22. The third-order valence-corrected chi connectivity index (χ3v) is 1.93. The first-order valence-corrected chi connectivity index (χ1v) is 3.58. The Balaban J connectivity index is 3.04. The maximum absolute atomic E-state index is 7.01. The zero-order valence-electron chi connectivity index (χ0n) is 5.20. The predicted octanol–water partition coefficient (Wildman–Crippen LogP) is 2.78. The molecule has 0 aliphatic carbocycles. The summed E-state index contributed by atoms with van der Waals surface area (Å²) >= 11 is 11.3. The lowest BCUT2D eigenvalue weighted by Gasteiger charge is -1.97. The van der Waals surface area contributed by atoms with Gasteiger partial charge in [-0.1, -0.05) is 29.3 Å². The Kier molecular flexibility index (Phi) is 2.55. The van der Waals surface area contributed by atoms with Gasteiger partial charge in [-0.05, 0) is 17.7 Å². The van der Waals surface area contributed by atoms with E-state index in [1.165, 1.54) is 0 Å². The summed E-state index contributed by atoms with van der Waals surface area (Å²) in [6.07, 6.45) is 0. The van der Waals surface area contributed by atoms with Crippen LogP contribution in [-0.4, -0.2) is 0 Å². The second kappa shape index (κ2) is 3.24. The van der Waals surface area contributed by atoms with Gasteiger partial charge in [0.25, 0.3) is 0 Å². The van der Waals surface area contributed by atoms with E-state index in [9.17, 15) is 0 Å².